The van der Waals surface area contributed by atoms with E-state index in [1.165, 1.54) is 5.56 Å². The number of nitrogens with zero attached hydrogens (tertiary/aromatic N) is 2. The number of aliphatic hydroxyl groups excluding tert-OH is 1. The second-order valence-corrected chi connectivity index (χ2v) is 5.27. The van der Waals surface area contributed by atoms with Gasteiger partial charge in [0, 0.05) is 26.2 Å². The zero-order chi connectivity index (χ0) is 15.9. The maximum Gasteiger partial charge on any atom is 0.216 e. The Morgan fingerprint density at radius 2 is 2.05 bits per heavy atom. The summed E-state index contributed by atoms with van der Waals surface area (Å²) in [6, 6.07) is 10.3. The van der Waals surface area contributed by atoms with Gasteiger partial charge in [0.2, 0.25) is 5.88 Å². The zero-order valence-electron chi connectivity index (χ0n) is 13.5. The molecule has 1 aromatic carbocycles. The van der Waals surface area contributed by atoms with E-state index < -0.39 is 0 Å². The van der Waals surface area contributed by atoms with Crippen molar-refractivity contribution >= 4 is 0 Å². The maximum absolute atomic E-state index is 9.32. The molecule has 22 heavy (non-hydrogen) atoms. The Morgan fingerprint density at radius 1 is 1.32 bits per heavy atom. The number of aliphatic hydroxyl groups is 1. The first-order valence-electron chi connectivity index (χ1n) is 7.69. The summed E-state index contributed by atoms with van der Waals surface area (Å²) in [5.74, 6) is 0.792. The van der Waals surface area contributed by atoms with Crippen LogP contribution in [0.5, 0.6) is 5.88 Å². The fraction of sp³-hybridized carbons (Fsp3) is 0.471. The summed E-state index contributed by atoms with van der Waals surface area (Å²) >= 11 is 0. The minimum absolute atomic E-state index is 0.112. The molecule has 5 nitrogen and oxygen atoms in total. The van der Waals surface area contributed by atoms with Crippen molar-refractivity contribution in [3.63, 3.8) is 0 Å². The van der Waals surface area contributed by atoms with Crippen molar-refractivity contribution in [3.8, 4) is 5.88 Å². The van der Waals surface area contributed by atoms with Gasteiger partial charge >= 0.3 is 0 Å². The van der Waals surface area contributed by atoms with Crippen LogP contribution in [0.3, 0.4) is 0 Å². The molecule has 1 atom stereocenters. The molecule has 0 spiro atoms. The van der Waals surface area contributed by atoms with E-state index in [9.17, 15) is 5.11 Å². The van der Waals surface area contributed by atoms with Crippen molar-refractivity contribution in [1.82, 2.24) is 15.1 Å². The highest BCUT2D eigenvalue weighted by molar-refractivity contribution is 5.32. The Balaban J connectivity index is 2.16. The number of methoxy groups -OCH3 is 1. The van der Waals surface area contributed by atoms with Gasteiger partial charge in [-0.3, -0.25) is 0 Å². The van der Waals surface area contributed by atoms with Crippen molar-refractivity contribution in [1.29, 1.82) is 0 Å². The smallest absolute Gasteiger partial charge is 0.216 e. The molecule has 5 heteroatoms. The number of hydrogen-bond donors (Lipinski definition) is 2. The normalized spacial score (nSPS) is 12.4. The fourth-order valence-corrected chi connectivity index (χ4v) is 2.75. The first-order valence-corrected chi connectivity index (χ1v) is 7.69. The van der Waals surface area contributed by atoms with Crippen LogP contribution in [0.15, 0.2) is 30.3 Å². The first kappa shape index (κ1) is 16.5. The second kappa shape index (κ2) is 7.96. The van der Waals surface area contributed by atoms with Gasteiger partial charge < -0.3 is 15.2 Å². The molecule has 2 aromatic rings. The molecular formula is C17H25N3O2. The number of benzene rings is 1. The number of hydrogen-bond acceptors (Lipinski definition) is 4. The van der Waals surface area contributed by atoms with E-state index in [1.807, 2.05) is 25.2 Å². The molecule has 0 aliphatic rings. The van der Waals surface area contributed by atoms with Crippen molar-refractivity contribution in [3.05, 3.63) is 47.2 Å². The van der Waals surface area contributed by atoms with E-state index in [1.54, 1.807) is 11.8 Å². The Morgan fingerprint density at radius 3 is 2.64 bits per heavy atom. The third-order valence-corrected chi connectivity index (χ3v) is 3.84. The van der Waals surface area contributed by atoms with E-state index >= 15 is 0 Å². The predicted octanol–water partition coefficient (Wildman–Crippen LogP) is 2.20. The highest BCUT2D eigenvalue weighted by atomic mass is 16.5. The number of aromatic nitrogens is 2. The molecule has 1 aromatic heterocycles. The lowest BCUT2D eigenvalue weighted by molar-refractivity contribution is 0.264. The molecule has 0 amide bonds. The topological polar surface area (TPSA) is 59.3 Å². The van der Waals surface area contributed by atoms with Crippen molar-refractivity contribution in [2.24, 2.45) is 7.05 Å². The van der Waals surface area contributed by atoms with Crippen LogP contribution in [0, 0.1) is 0 Å². The first-order chi connectivity index (χ1) is 10.7. The average molecular weight is 303 g/mol. The third kappa shape index (κ3) is 3.67. The minimum atomic E-state index is 0.112. The number of nitrogens with one attached hydrogen (secondary N) is 1. The van der Waals surface area contributed by atoms with Crippen LogP contribution in [0.2, 0.25) is 0 Å². The summed E-state index contributed by atoms with van der Waals surface area (Å²) in [5.41, 5.74) is 3.31. The molecule has 0 saturated heterocycles. The molecule has 0 aliphatic carbocycles. The maximum atomic E-state index is 9.32. The highest BCUT2D eigenvalue weighted by Crippen LogP contribution is 2.24. The van der Waals surface area contributed by atoms with Gasteiger partial charge in [0.05, 0.1) is 18.4 Å². The molecule has 0 saturated carbocycles. The van der Waals surface area contributed by atoms with Crippen LogP contribution in [0.25, 0.3) is 0 Å². The van der Waals surface area contributed by atoms with Gasteiger partial charge in [-0.05, 0) is 18.4 Å². The van der Waals surface area contributed by atoms with Crippen LogP contribution in [0.1, 0.15) is 36.2 Å². The Hall–Kier alpha value is -1.85. The summed E-state index contributed by atoms with van der Waals surface area (Å²) in [6.45, 7) is 2.91. The summed E-state index contributed by atoms with van der Waals surface area (Å²) in [5, 5.41) is 17.3. The predicted molar refractivity (Wildman–Crippen MR) is 86.9 cm³/mol. The fourth-order valence-electron chi connectivity index (χ4n) is 2.75. The number of ether oxygens (including phenoxy) is 1. The van der Waals surface area contributed by atoms with Gasteiger partial charge in [-0.1, -0.05) is 37.3 Å². The Labute approximate surface area is 131 Å². The molecule has 0 unspecified atom stereocenters. The lowest BCUT2D eigenvalue weighted by atomic mass is 10.0. The molecule has 0 aliphatic heterocycles. The highest BCUT2D eigenvalue weighted by Gasteiger charge is 2.17. The Kier molecular flexibility index (Phi) is 5.98. The van der Waals surface area contributed by atoms with Gasteiger partial charge in [0.1, 0.15) is 0 Å². The van der Waals surface area contributed by atoms with Crippen LogP contribution < -0.4 is 10.1 Å². The van der Waals surface area contributed by atoms with Crippen LogP contribution in [0.4, 0.5) is 0 Å². The largest absolute Gasteiger partial charge is 0.481 e. The SMILES string of the molecule is CCc1nn(C)c(OC)c1CN[C@H](CCO)c1ccccc1. The molecule has 2 N–H and O–H groups in total. The van der Waals surface area contributed by atoms with E-state index in [0.29, 0.717) is 13.0 Å². The van der Waals surface area contributed by atoms with Crippen LogP contribution >= 0.6 is 0 Å². The molecule has 1 heterocycles. The summed E-state index contributed by atoms with van der Waals surface area (Å²) in [6.07, 6.45) is 1.54. The monoisotopic (exact) mass is 303 g/mol. The molecule has 0 radical (unpaired) electrons. The van der Waals surface area contributed by atoms with Gasteiger partial charge in [-0.25, -0.2) is 4.68 Å². The number of aryl methyl sites for hydroxylation is 2. The summed E-state index contributed by atoms with van der Waals surface area (Å²) in [4.78, 5) is 0. The van der Waals surface area contributed by atoms with Crippen LogP contribution in [-0.2, 0) is 20.0 Å². The lowest BCUT2D eigenvalue weighted by Crippen LogP contribution is -2.22. The van der Waals surface area contributed by atoms with E-state index in [4.69, 9.17) is 4.74 Å². The third-order valence-electron chi connectivity index (χ3n) is 3.84. The van der Waals surface area contributed by atoms with E-state index in [-0.39, 0.29) is 12.6 Å². The van der Waals surface area contributed by atoms with E-state index in [2.05, 4.69) is 29.5 Å². The van der Waals surface area contributed by atoms with Crippen LogP contribution in [-0.4, -0.2) is 28.6 Å². The van der Waals surface area contributed by atoms with Gasteiger partial charge in [0.15, 0.2) is 0 Å². The van der Waals surface area contributed by atoms with Crippen molar-refractivity contribution < 1.29 is 9.84 Å². The zero-order valence-corrected chi connectivity index (χ0v) is 13.5. The Bertz CT molecular complexity index is 581. The minimum Gasteiger partial charge on any atom is -0.481 e. The van der Waals surface area contributed by atoms with Crippen molar-refractivity contribution in [2.45, 2.75) is 32.4 Å². The van der Waals surface area contributed by atoms with Gasteiger partial charge in [0.25, 0.3) is 0 Å². The summed E-state index contributed by atoms with van der Waals surface area (Å²) in [7, 11) is 3.56. The second-order valence-electron chi connectivity index (χ2n) is 5.27. The van der Waals surface area contributed by atoms with Crippen molar-refractivity contribution in [2.75, 3.05) is 13.7 Å². The molecule has 0 fully saturated rings. The number of rotatable bonds is 8. The molecule has 0 bridgehead atoms. The molecule has 2 rings (SSSR count). The van der Waals surface area contributed by atoms with Gasteiger partial charge in [-0.2, -0.15) is 5.10 Å². The summed E-state index contributed by atoms with van der Waals surface area (Å²) < 4.78 is 7.24. The molecular weight excluding hydrogens is 278 g/mol. The van der Waals surface area contributed by atoms with Gasteiger partial charge in [-0.15, -0.1) is 0 Å². The average Bonchev–Trinajstić information content (AvgIpc) is 2.87. The standard InChI is InChI=1S/C17H25N3O2/c1-4-15-14(17(22-3)20(2)19-15)12-18-16(10-11-21)13-8-6-5-7-9-13/h5-9,16,18,21H,4,10-12H2,1-3H3/t16-/m1/s1. The quantitative estimate of drug-likeness (QED) is 0.785. The van der Waals surface area contributed by atoms with E-state index in [0.717, 1.165) is 23.6 Å². The lowest BCUT2D eigenvalue weighted by Gasteiger charge is -2.18. The molecule has 120 valence electrons.